The molecule has 0 bridgehead atoms. The minimum atomic E-state index is -3.86. The number of benzene rings is 2. The van der Waals surface area contributed by atoms with Crippen LogP contribution >= 0.6 is 0 Å². The Balaban J connectivity index is 2.05. The minimum Gasteiger partial charge on any atom is -0.497 e. The topological polar surface area (TPSA) is 111 Å². The molecule has 0 unspecified atom stereocenters. The Labute approximate surface area is 174 Å². The molecule has 1 heterocycles. The van der Waals surface area contributed by atoms with Gasteiger partial charge in [-0.15, -0.1) is 0 Å². The fourth-order valence-corrected chi connectivity index (χ4v) is 4.47. The highest BCUT2D eigenvalue weighted by Gasteiger charge is 2.35. The van der Waals surface area contributed by atoms with Crippen molar-refractivity contribution >= 4 is 21.8 Å². The van der Waals surface area contributed by atoms with Gasteiger partial charge in [-0.25, -0.2) is 18.0 Å². The summed E-state index contributed by atoms with van der Waals surface area (Å²) in [6.07, 6.45) is 0. The average molecular weight is 430 g/mol. The zero-order valence-electron chi connectivity index (χ0n) is 16.8. The smallest absolute Gasteiger partial charge is 0.338 e. The second-order valence-electron chi connectivity index (χ2n) is 6.76. The molecule has 2 amide bonds. The Morgan fingerprint density at radius 3 is 2.23 bits per heavy atom. The van der Waals surface area contributed by atoms with Crippen LogP contribution in [0.1, 0.15) is 17.2 Å². The number of hydrogen-bond acceptors (Lipinski definition) is 6. The summed E-state index contributed by atoms with van der Waals surface area (Å²) < 4.78 is 35.8. The molecule has 1 aliphatic heterocycles. The van der Waals surface area contributed by atoms with E-state index in [1.807, 2.05) is 19.1 Å². The van der Waals surface area contributed by atoms with Crippen LogP contribution in [0.5, 0.6) is 5.75 Å². The van der Waals surface area contributed by atoms with Gasteiger partial charge in [-0.3, -0.25) is 0 Å². The number of amides is 2. The van der Waals surface area contributed by atoms with Crippen molar-refractivity contribution in [1.29, 1.82) is 0 Å². The van der Waals surface area contributed by atoms with E-state index in [1.165, 1.54) is 38.5 Å². The van der Waals surface area contributed by atoms with Gasteiger partial charge in [0, 0.05) is 5.70 Å². The number of urea groups is 1. The monoisotopic (exact) mass is 430 g/mol. The van der Waals surface area contributed by atoms with Crippen molar-refractivity contribution in [3.05, 3.63) is 70.9 Å². The molecule has 0 aromatic heterocycles. The third kappa shape index (κ3) is 4.46. The number of hydrogen-bond donors (Lipinski definition) is 2. The van der Waals surface area contributed by atoms with Crippen LogP contribution in [0, 0.1) is 6.92 Å². The quantitative estimate of drug-likeness (QED) is 0.680. The zero-order valence-corrected chi connectivity index (χ0v) is 17.6. The van der Waals surface area contributed by atoms with Crippen LogP contribution in [0.2, 0.25) is 0 Å². The van der Waals surface area contributed by atoms with Crippen LogP contribution in [0.25, 0.3) is 0 Å². The van der Waals surface area contributed by atoms with E-state index in [0.717, 1.165) is 5.56 Å². The SMILES string of the molecule is COC(=O)C1=C(CS(=O)(=O)c2ccc(OC)cc2)NC(=O)N[C@H]1c1ccc(C)cc1. The summed E-state index contributed by atoms with van der Waals surface area (Å²) in [5.41, 5.74) is 1.66. The molecule has 2 aromatic rings. The van der Waals surface area contributed by atoms with Gasteiger partial charge in [0.1, 0.15) is 5.75 Å². The van der Waals surface area contributed by atoms with Crippen LogP contribution in [-0.2, 0) is 19.4 Å². The molecule has 2 N–H and O–H groups in total. The molecule has 1 aliphatic rings. The molecule has 0 aliphatic carbocycles. The molecule has 30 heavy (non-hydrogen) atoms. The van der Waals surface area contributed by atoms with Gasteiger partial charge in [0.25, 0.3) is 0 Å². The summed E-state index contributed by atoms with van der Waals surface area (Å²) in [5.74, 6) is -0.787. The number of carbonyl (C=O) groups excluding carboxylic acids is 2. The zero-order chi connectivity index (χ0) is 21.9. The molecule has 0 radical (unpaired) electrons. The highest BCUT2D eigenvalue weighted by Crippen LogP contribution is 2.29. The van der Waals surface area contributed by atoms with E-state index in [4.69, 9.17) is 9.47 Å². The average Bonchev–Trinajstić information content (AvgIpc) is 2.73. The van der Waals surface area contributed by atoms with Gasteiger partial charge in [0.2, 0.25) is 0 Å². The lowest BCUT2D eigenvalue weighted by atomic mass is 9.95. The normalized spacial score (nSPS) is 16.5. The molecule has 2 aromatic carbocycles. The number of methoxy groups -OCH3 is 2. The highest BCUT2D eigenvalue weighted by atomic mass is 32.2. The number of carbonyl (C=O) groups is 2. The molecule has 158 valence electrons. The maximum absolute atomic E-state index is 13.0. The lowest BCUT2D eigenvalue weighted by molar-refractivity contribution is -0.136. The summed E-state index contributed by atoms with van der Waals surface area (Å²) >= 11 is 0. The van der Waals surface area contributed by atoms with Crippen LogP contribution in [0.15, 0.2) is 64.7 Å². The van der Waals surface area contributed by atoms with E-state index in [9.17, 15) is 18.0 Å². The first-order valence-electron chi connectivity index (χ1n) is 9.07. The predicted octanol–water partition coefficient (Wildman–Crippen LogP) is 2.26. The maximum atomic E-state index is 13.0. The number of esters is 1. The summed E-state index contributed by atoms with van der Waals surface area (Å²) in [6.45, 7) is 1.91. The molecule has 1 atom stereocenters. The van der Waals surface area contributed by atoms with Gasteiger partial charge in [0.05, 0.1) is 36.5 Å². The van der Waals surface area contributed by atoms with Crippen LogP contribution in [0.3, 0.4) is 0 Å². The number of aryl methyl sites for hydroxylation is 1. The first-order chi connectivity index (χ1) is 14.2. The standard InChI is InChI=1S/C21H22N2O6S/c1-13-4-6-14(7-5-13)19-18(20(24)29-3)17(22-21(25)23-19)12-30(26,27)16-10-8-15(28-2)9-11-16/h4-11,19H,12H2,1-3H3,(H2,22,23,25)/t19-/m0/s1. The lowest BCUT2D eigenvalue weighted by Gasteiger charge is -2.29. The van der Waals surface area contributed by atoms with E-state index in [0.29, 0.717) is 11.3 Å². The molecular formula is C21H22N2O6S. The van der Waals surface area contributed by atoms with E-state index in [-0.39, 0.29) is 16.2 Å². The van der Waals surface area contributed by atoms with Crippen LogP contribution in [-0.4, -0.2) is 40.4 Å². The summed E-state index contributed by atoms with van der Waals surface area (Å²) in [5, 5.41) is 5.13. The molecule has 8 nitrogen and oxygen atoms in total. The Hall–Kier alpha value is -3.33. The van der Waals surface area contributed by atoms with Crippen molar-refractivity contribution in [2.75, 3.05) is 20.0 Å². The fraction of sp³-hybridized carbons (Fsp3) is 0.238. The molecule has 0 saturated heterocycles. The van der Waals surface area contributed by atoms with Crippen molar-refractivity contribution in [2.45, 2.75) is 17.9 Å². The van der Waals surface area contributed by atoms with Crippen molar-refractivity contribution < 1.29 is 27.5 Å². The second-order valence-corrected chi connectivity index (χ2v) is 8.75. The third-order valence-electron chi connectivity index (χ3n) is 4.72. The molecule has 0 fully saturated rings. The Morgan fingerprint density at radius 2 is 1.67 bits per heavy atom. The Kier molecular flexibility index (Phi) is 6.12. The number of nitrogens with one attached hydrogen (secondary N) is 2. The van der Waals surface area contributed by atoms with Gasteiger partial charge in [-0.1, -0.05) is 29.8 Å². The van der Waals surface area contributed by atoms with Gasteiger partial charge in [-0.2, -0.15) is 0 Å². The van der Waals surface area contributed by atoms with E-state index < -0.39 is 33.6 Å². The van der Waals surface area contributed by atoms with E-state index >= 15 is 0 Å². The van der Waals surface area contributed by atoms with Gasteiger partial charge in [0.15, 0.2) is 9.84 Å². The Morgan fingerprint density at radius 1 is 1.03 bits per heavy atom. The first-order valence-corrected chi connectivity index (χ1v) is 10.7. The van der Waals surface area contributed by atoms with Crippen molar-refractivity contribution in [3.8, 4) is 5.75 Å². The van der Waals surface area contributed by atoms with Gasteiger partial charge >= 0.3 is 12.0 Å². The molecule has 0 spiro atoms. The molecular weight excluding hydrogens is 408 g/mol. The molecule has 3 rings (SSSR count). The molecule has 0 saturated carbocycles. The largest absolute Gasteiger partial charge is 0.497 e. The number of sulfone groups is 1. The summed E-state index contributed by atoms with van der Waals surface area (Å²) in [6, 6.07) is 11.6. The second kappa shape index (κ2) is 8.58. The fourth-order valence-electron chi connectivity index (χ4n) is 3.15. The summed E-state index contributed by atoms with van der Waals surface area (Å²) in [4.78, 5) is 24.9. The minimum absolute atomic E-state index is 0.0213. The van der Waals surface area contributed by atoms with Crippen LogP contribution in [0.4, 0.5) is 4.79 Å². The van der Waals surface area contributed by atoms with Crippen molar-refractivity contribution in [3.63, 3.8) is 0 Å². The molecule has 9 heteroatoms. The maximum Gasteiger partial charge on any atom is 0.338 e. The lowest BCUT2D eigenvalue weighted by Crippen LogP contribution is -2.47. The van der Waals surface area contributed by atoms with E-state index in [1.54, 1.807) is 12.1 Å². The number of ether oxygens (including phenoxy) is 2. The van der Waals surface area contributed by atoms with Crippen molar-refractivity contribution in [2.24, 2.45) is 0 Å². The van der Waals surface area contributed by atoms with E-state index in [2.05, 4.69) is 10.6 Å². The predicted molar refractivity (Wildman–Crippen MR) is 110 cm³/mol. The summed E-state index contributed by atoms with van der Waals surface area (Å²) in [7, 11) is -1.18. The van der Waals surface area contributed by atoms with Crippen molar-refractivity contribution in [1.82, 2.24) is 10.6 Å². The number of rotatable bonds is 6. The van der Waals surface area contributed by atoms with Crippen LogP contribution < -0.4 is 15.4 Å². The van der Waals surface area contributed by atoms with Gasteiger partial charge in [-0.05, 0) is 36.8 Å². The highest BCUT2D eigenvalue weighted by molar-refractivity contribution is 7.91. The first kappa shape index (κ1) is 21.4. The van der Waals surface area contributed by atoms with Gasteiger partial charge < -0.3 is 20.1 Å². The Bertz CT molecular complexity index is 1090. The third-order valence-corrected chi connectivity index (χ3v) is 6.38.